The molecule has 0 aliphatic carbocycles. The van der Waals surface area contributed by atoms with Crippen LogP contribution in [0.3, 0.4) is 0 Å². The number of nitrogens with one attached hydrogen (secondary N) is 2. The third kappa shape index (κ3) is 7.24. The van der Waals surface area contributed by atoms with Crippen molar-refractivity contribution < 1.29 is 13.2 Å². The summed E-state index contributed by atoms with van der Waals surface area (Å²) in [5.41, 5.74) is 0. The Kier molecular flexibility index (Phi) is 8.45. The van der Waals surface area contributed by atoms with E-state index in [1.54, 1.807) is 0 Å². The Labute approximate surface area is 137 Å². The van der Waals surface area contributed by atoms with Gasteiger partial charge in [-0.15, -0.1) is 0 Å². The highest BCUT2D eigenvalue weighted by molar-refractivity contribution is 7.89. The zero-order valence-electron chi connectivity index (χ0n) is 12.8. The maximum atomic E-state index is 12.0. The number of benzene rings is 1. The first-order valence-electron chi connectivity index (χ1n) is 7.47. The van der Waals surface area contributed by atoms with E-state index in [9.17, 15) is 13.2 Å². The van der Waals surface area contributed by atoms with E-state index in [2.05, 4.69) is 17.0 Å². The number of unbranched alkanes of at least 4 members (excludes halogenated alkanes) is 3. The lowest BCUT2D eigenvalue weighted by molar-refractivity contribution is -0.120. The van der Waals surface area contributed by atoms with Crippen LogP contribution in [0.4, 0.5) is 0 Å². The number of rotatable bonds is 10. The minimum Gasteiger partial charge on any atom is -0.356 e. The molecule has 0 fully saturated rings. The second-order valence-electron chi connectivity index (χ2n) is 5.01. The van der Waals surface area contributed by atoms with E-state index in [4.69, 9.17) is 11.6 Å². The molecule has 0 aromatic heterocycles. The van der Waals surface area contributed by atoms with Crippen molar-refractivity contribution in [1.82, 2.24) is 10.0 Å². The van der Waals surface area contributed by atoms with Gasteiger partial charge in [0.25, 0.3) is 0 Å². The summed E-state index contributed by atoms with van der Waals surface area (Å²) >= 11 is 5.72. The van der Waals surface area contributed by atoms with Crippen LogP contribution in [0, 0.1) is 0 Å². The van der Waals surface area contributed by atoms with Crippen LogP contribution in [0.25, 0.3) is 0 Å². The van der Waals surface area contributed by atoms with Gasteiger partial charge in [0, 0.05) is 24.5 Å². The molecular weight excluding hydrogens is 324 g/mol. The van der Waals surface area contributed by atoms with Gasteiger partial charge in [0.15, 0.2) is 0 Å². The molecule has 0 atom stereocenters. The van der Waals surface area contributed by atoms with Gasteiger partial charge < -0.3 is 5.32 Å². The molecule has 0 unspecified atom stereocenters. The third-order valence-corrected chi connectivity index (χ3v) is 4.85. The molecule has 7 heteroatoms. The number of sulfonamides is 1. The zero-order valence-corrected chi connectivity index (χ0v) is 14.3. The highest BCUT2D eigenvalue weighted by Gasteiger charge is 2.13. The number of hydrogen-bond acceptors (Lipinski definition) is 3. The van der Waals surface area contributed by atoms with Gasteiger partial charge in [-0.2, -0.15) is 0 Å². The largest absolute Gasteiger partial charge is 0.356 e. The first-order valence-corrected chi connectivity index (χ1v) is 9.33. The van der Waals surface area contributed by atoms with Gasteiger partial charge in [0.05, 0.1) is 4.90 Å². The quantitative estimate of drug-likeness (QED) is 0.639. The average Bonchev–Trinajstić information content (AvgIpc) is 2.47. The van der Waals surface area contributed by atoms with Crippen LogP contribution in [0.1, 0.15) is 39.0 Å². The number of hydrogen-bond donors (Lipinski definition) is 2. The lowest BCUT2D eigenvalue weighted by Gasteiger charge is -2.07. The maximum absolute atomic E-state index is 12.0. The summed E-state index contributed by atoms with van der Waals surface area (Å²) in [6.45, 7) is 2.85. The molecule has 0 spiro atoms. The second-order valence-corrected chi connectivity index (χ2v) is 7.22. The number of halogens is 1. The molecule has 0 aliphatic rings. The van der Waals surface area contributed by atoms with E-state index in [1.807, 2.05) is 0 Å². The Hall–Kier alpha value is -1.11. The van der Waals surface area contributed by atoms with Gasteiger partial charge in [-0.25, -0.2) is 13.1 Å². The molecule has 22 heavy (non-hydrogen) atoms. The Balaban J connectivity index is 2.28. The minimum atomic E-state index is -3.59. The van der Waals surface area contributed by atoms with Crippen molar-refractivity contribution in [3.63, 3.8) is 0 Å². The molecule has 1 amide bonds. The first-order chi connectivity index (χ1) is 10.5. The molecule has 0 heterocycles. The van der Waals surface area contributed by atoms with Gasteiger partial charge in [-0.05, 0) is 30.7 Å². The van der Waals surface area contributed by atoms with Crippen LogP contribution >= 0.6 is 11.6 Å². The summed E-state index contributed by atoms with van der Waals surface area (Å²) in [6, 6.07) is 5.88. The van der Waals surface area contributed by atoms with E-state index in [1.165, 1.54) is 24.3 Å². The van der Waals surface area contributed by atoms with Crippen molar-refractivity contribution in [2.45, 2.75) is 43.9 Å². The van der Waals surface area contributed by atoms with Crippen LogP contribution in [-0.2, 0) is 14.8 Å². The van der Waals surface area contributed by atoms with Gasteiger partial charge >= 0.3 is 0 Å². The fourth-order valence-corrected chi connectivity index (χ4v) is 3.02. The third-order valence-electron chi connectivity index (χ3n) is 3.12. The predicted octanol–water partition coefficient (Wildman–Crippen LogP) is 2.70. The normalized spacial score (nSPS) is 11.4. The van der Waals surface area contributed by atoms with Crippen molar-refractivity contribution in [3.8, 4) is 0 Å². The monoisotopic (exact) mass is 346 g/mol. The Morgan fingerprint density at radius 1 is 1.09 bits per heavy atom. The standard InChI is InChI=1S/C15H23ClN2O3S/c1-2-3-4-5-11-17-15(19)10-12-18-22(20,21)14-8-6-13(16)7-9-14/h6-9,18H,2-5,10-12H2,1H3,(H,17,19). The highest BCUT2D eigenvalue weighted by atomic mass is 35.5. The SMILES string of the molecule is CCCCCCNC(=O)CCNS(=O)(=O)c1ccc(Cl)cc1. The molecule has 2 N–H and O–H groups in total. The van der Waals surface area contributed by atoms with E-state index in [-0.39, 0.29) is 23.8 Å². The molecule has 1 aromatic carbocycles. The Morgan fingerprint density at radius 3 is 2.41 bits per heavy atom. The van der Waals surface area contributed by atoms with Crippen molar-refractivity contribution >= 4 is 27.5 Å². The molecule has 5 nitrogen and oxygen atoms in total. The molecule has 0 saturated heterocycles. The Morgan fingerprint density at radius 2 is 1.77 bits per heavy atom. The molecule has 124 valence electrons. The summed E-state index contributed by atoms with van der Waals surface area (Å²) in [7, 11) is -3.59. The smallest absolute Gasteiger partial charge is 0.240 e. The molecule has 0 aliphatic heterocycles. The zero-order chi connectivity index (χ0) is 16.4. The fraction of sp³-hybridized carbons (Fsp3) is 0.533. The topological polar surface area (TPSA) is 75.3 Å². The van der Waals surface area contributed by atoms with Crippen LogP contribution < -0.4 is 10.0 Å². The molecule has 1 aromatic rings. The lowest BCUT2D eigenvalue weighted by Crippen LogP contribution is -2.31. The summed E-state index contributed by atoms with van der Waals surface area (Å²) in [5.74, 6) is -0.143. The molecule has 0 radical (unpaired) electrons. The lowest BCUT2D eigenvalue weighted by atomic mass is 10.2. The van der Waals surface area contributed by atoms with Crippen molar-refractivity contribution in [3.05, 3.63) is 29.3 Å². The molecule has 0 saturated carbocycles. The van der Waals surface area contributed by atoms with Crippen LogP contribution in [0.15, 0.2) is 29.2 Å². The summed E-state index contributed by atoms with van der Waals surface area (Å²) in [4.78, 5) is 11.7. The van der Waals surface area contributed by atoms with Gasteiger partial charge in [-0.3, -0.25) is 4.79 Å². The molecule has 0 bridgehead atoms. The molecular formula is C15H23ClN2O3S. The predicted molar refractivity (Wildman–Crippen MR) is 88.4 cm³/mol. The van der Waals surface area contributed by atoms with Crippen molar-refractivity contribution in [2.24, 2.45) is 0 Å². The van der Waals surface area contributed by atoms with Gasteiger partial charge in [-0.1, -0.05) is 37.8 Å². The van der Waals surface area contributed by atoms with E-state index >= 15 is 0 Å². The van der Waals surface area contributed by atoms with E-state index in [0.717, 1.165) is 25.7 Å². The van der Waals surface area contributed by atoms with E-state index < -0.39 is 10.0 Å². The first kappa shape index (κ1) is 18.9. The van der Waals surface area contributed by atoms with Gasteiger partial charge in [0.2, 0.25) is 15.9 Å². The highest BCUT2D eigenvalue weighted by Crippen LogP contribution is 2.13. The fourth-order valence-electron chi connectivity index (χ4n) is 1.86. The van der Waals surface area contributed by atoms with Crippen molar-refractivity contribution in [1.29, 1.82) is 0 Å². The van der Waals surface area contributed by atoms with Crippen molar-refractivity contribution in [2.75, 3.05) is 13.1 Å². The van der Waals surface area contributed by atoms with Gasteiger partial charge in [0.1, 0.15) is 0 Å². The summed E-state index contributed by atoms with van der Waals surface area (Å²) in [6.07, 6.45) is 4.49. The Bertz CT molecular complexity index is 559. The summed E-state index contributed by atoms with van der Waals surface area (Å²) in [5, 5.41) is 3.26. The second kappa shape index (κ2) is 9.82. The number of amides is 1. The van der Waals surface area contributed by atoms with Crippen LogP contribution in [0.5, 0.6) is 0 Å². The molecule has 1 rings (SSSR count). The van der Waals surface area contributed by atoms with Crippen LogP contribution in [-0.4, -0.2) is 27.4 Å². The maximum Gasteiger partial charge on any atom is 0.240 e. The average molecular weight is 347 g/mol. The minimum absolute atomic E-state index is 0.0752. The number of carbonyl (C=O) groups excluding carboxylic acids is 1. The summed E-state index contributed by atoms with van der Waals surface area (Å²) < 4.78 is 26.3. The number of carbonyl (C=O) groups is 1. The van der Waals surface area contributed by atoms with E-state index in [0.29, 0.717) is 11.6 Å². The van der Waals surface area contributed by atoms with Crippen LogP contribution in [0.2, 0.25) is 5.02 Å².